The van der Waals surface area contributed by atoms with Gasteiger partial charge in [0.1, 0.15) is 0 Å². The van der Waals surface area contributed by atoms with Crippen LogP contribution in [0.15, 0.2) is 15.2 Å². The SMILES string of the molecule is CS(=O)(=O)Nc1nnc(NC(=O)c2csc(Br)c2)s1. The van der Waals surface area contributed by atoms with Crippen molar-refractivity contribution in [2.24, 2.45) is 0 Å². The van der Waals surface area contributed by atoms with Crippen LogP contribution in [0.3, 0.4) is 0 Å². The first-order valence-corrected chi connectivity index (χ1v) is 9.08. The summed E-state index contributed by atoms with van der Waals surface area (Å²) in [6.07, 6.45) is 1.01. The summed E-state index contributed by atoms with van der Waals surface area (Å²) in [4.78, 5) is 11.8. The maximum absolute atomic E-state index is 11.8. The van der Waals surface area contributed by atoms with E-state index in [-0.39, 0.29) is 16.2 Å². The van der Waals surface area contributed by atoms with Gasteiger partial charge in [0, 0.05) is 5.38 Å². The van der Waals surface area contributed by atoms with E-state index in [4.69, 9.17) is 0 Å². The second-order valence-corrected chi connectivity index (χ2v) is 8.40. The van der Waals surface area contributed by atoms with Crippen LogP contribution in [0.1, 0.15) is 10.4 Å². The first-order chi connectivity index (χ1) is 8.83. The summed E-state index contributed by atoms with van der Waals surface area (Å²) in [5, 5.41) is 11.8. The number of hydrogen-bond donors (Lipinski definition) is 2. The zero-order valence-corrected chi connectivity index (χ0v) is 13.4. The van der Waals surface area contributed by atoms with E-state index in [2.05, 4.69) is 36.2 Å². The summed E-state index contributed by atoms with van der Waals surface area (Å²) in [6.45, 7) is 0. The lowest BCUT2D eigenvalue weighted by Crippen LogP contribution is -2.10. The summed E-state index contributed by atoms with van der Waals surface area (Å²) in [7, 11) is -3.40. The minimum atomic E-state index is -3.40. The maximum atomic E-state index is 11.8. The van der Waals surface area contributed by atoms with Crippen molar-refractivity contribution < 1.29 is 13.2 Å². The molecule has 0 bridgehead atoms. The molecule has 0 atom stereocenters. The summed E-state index contributed by atoms with van der Waals surface area (Å²) in [6, 6.07) is 1.68. The lowest BCUT2D eigenvalue weighted by Gasteiger charge is -1.97. The van der Waals surface area contributed by atoms with E-state index in [1.165, 1.54) is 11.3 Å². The van der Waals surface area contributed by atoms with E-state index in [0.29, 0.717) is 5.56 Å². The smallest absolute Gasteiger partial charge is 0.258 e. The molecule has 2 heterocycles. The maximum Gasteiger partial charge on any atom is 0.258 e. The fourth-order valence-corrected chi connectivity index (χ4v) is 3.68. The molecular formula is C8H7BrN4O3S3. The third-order valence-electron chi connectivity index (χ3n) is 1.75. The fraction of sp³-hybridized carbons (Fsp3) is 0.125. The number of thiophene rings is 1. The van der Waals surface area contributed by atoms with Gasteiger partial charge in [-0.05, 0) is 22.0 Å². The fourth-order valence-electron chi connectivity index (χ4n) is 1.07. The molecule has 102 valence electrons. The van der Waals surface area contributed by atoms with Gasteiger partial charge in [0.25, 0.3) is 5.91 Å². The van der Waals surface area contributed by atoms with Crippen molar-refractivity contribution in [3.63, 3.8) is 0 Å². The van der Waals surface area contributed by atoms with E-state index in [9.17, 15) is 13.2 Å². The highest BCUT2D eigenvalue weighted by Crippen LogP contribution is 2.24. The van der Waals surface area contributed by atoms with Crippen LogP contribution in [0.2, 0.25) is 0 Å². The minimum Gasteiger partial charge on any atom is -0.296 e. The highest BCUT2D eigenvalue weighted by Gasteiger charge is 2.13. The molecule has 2 aromatic rings. The number of sulfonamides is 1. The number of nitrogens with one attached hydrogen (secondary N) is 2. The average molecular weight is 383 g/mol. The number of hydrogen-bond acceptors (Lipinski definition) is 7. The molecule has 0 aromatic carbocycles. The molecule has 7 nitrogen and oxygen atoms in total. The number of carbonyl (C=O) groups excluding carboxylic acids is 1. The van der Waals surface area contributed by atoms with Gasteiger partial charge < -0.3 is 0 Å². The molecule has 2 aromatic heterocycles. The monoisotopic (exact) mass is 382 g/mol. The number of rotatable bonds is 4. The molecule has 0 aliphatic rings. The van der Waals surface area contributed by atoms with Crippen LogP contribution in [0, 0.1) is 0 Å². The molecular weight excluding hydrogens is 376 g/mol. The summed E-state index contributed by atoms with van der Waals surface area (Å²) in [5.74, 6) is -0.330. The first kappa shape index (κ1) is 14.4. The third-order valence-corrected chi connectivity index (χ3v) is 4.70. The Morgan fingerprint density at radius 3 is 2.63 bits per heavy atom. The minimum absolute atomic E-state index is 0.101. The Morgan fingerprint density at radius 2 is 2.05 bits per heavy atom. The second kappa shape index (κ2) is 5.53. The number of nitrogens with zero attached hydrogens (tertiary/aromatic N) is 2. The van der Waals surface area contributed by atoms with Crippen LogP contribution in [0.25, 0.3) is 0 Å². The average Bonchev–Trinajstić information content (AvgIpc) is 2.85. The Bertz CT molecular complexity index is 708. The van der Waals surface area contributed by atoms with E-state index in [1.54, 1.807) is 11.4 Å². The van der Waals surface area contributed by atoms with Gasteiger partial charge in [-0.2, -0.15) is 0 Å². The Morgan fingerprint density at radius 1 is 1.37 bits per heavy atom. The largest absolute Gasteiger partial charge is 0.296 e. The van der Waals surface area contributed by atoms with E-state index < -0.39 is 10.0 Å². The molecule has 19 heavy (non-hydrogen) atoms. The Labute approximate surface area is 125 Å². The normalized spacial score (nSPS) is 11.3. The Kier molecular flexibility index (Phi) is 4.18. The van der Waals surface area contributed by atoms with Gasteiger partial charge in [-0.25, -0.2) is 8.42 Å². The van der Waals surface area contributed by atoms with Crippen LogP contribution in [-0.2, 0) is 10.0 Å². The molecule has 0 aliphatic heterocycles. The number of halogens is 1. The molecule has 0 spiro atoms. The van der Waals surface area contributed by atoms with Gasteiger partial charge in [0.2, 0.25) is 20.3 Å². The van der Waals surface area contributed by atoms with Crippen molar-refractivity contribution in [3.05, 3.63) is 20.8 Å². The number of carbonyl (C=O) groups is 1. The third kappa shape index (κ3) is 4.23. The quantitative estimate of drug-likeness (QED) is 0.841. The Balaban J connectivity index is 2.06. The molecule has 0 aliphatic carbocycles. The van der Waals surface area contributed by atoms with Gasteiger partial charge in [-0.3, -0.25) is 14.8 Å². The highest BCUT2D eigenvalue weighted by molar-refractivity contribution is 9.11. The number of anilines is 2. The zero-order valence-electron chi connectivity index (χ0n) is 9.38. The Hall–Kier alpha value is -1.04. The van der Waals surface area contributed by atoms with Crippen molar-refractivity contribution in [1.82, 2.24) is 10.2 Å². The van der Waals surface area contributed by atoms with Crippen LogP contribution >= 0.6 is 38.6 Å². The van der Waals surface area contributed by atoms with Crippen molar-refractivity contribution in [3.8, 4) is 0 Å². The first-order valence-electron chi connectivity index (χ1n) is 4.70. The van der Waals surface area contributed by atoms with Crippen molar-refractivity contribution >= 4 is 64.8 Å². The molecule has 0 fully saturated rings. The van der Waals surface area contributed by atoms with Gasteiger partial charge in [0.15, 0.2) is 0 Å². The van der Waals surface area contributed by atoms with Gasteiger partial charge in [0.05, 0.1) is 15.6 Å². The molecule has 0 saturated carbocycles. The van der Waals surface area contributed by atoms with Crippen LogP contribution < -0.4 is 10.0 Å². The number of aromatic nitrogens is 2. The van der Waals surface area contributed by atoms with Gasteiger partial charge in [-0.1, -0.05) is 11.3 Å². The van der Waals surface area contributed by atoms with Crippen LogP contribution in [-0.4, -0.2) is 30.8 Å². The van der Waals surface area contributed by atoms with Gasteiger partial charge >= 0.3 is 0 Å². The lowest BCUT2D eigenvalue weighted by molar-refractivity contribution is 0.102. The predicted octanol–water partition coefficient (Wildman–Crippen LogP) is 1.99. The molecule has 11 heteroatoms. The van der Waals surface area contributed by atoms with Crippen LogP contribution in [0.5, 0.6) is 0 Å². The summed E-state index contributed by atoms with van der Waals surface area (Å²) >= 11 is 5.58. The highest BCUT2D eigenvalue weighted by atomic mass is 79.9. The molecule has 0 radical (unpaired) electrons. The van der Waals surface area contributed by atoms with E-state index in [1.807, 2.05) is 0 Å². The molecule has 2 rings (SSSR count). The van der Waals surface area contributed by atoms with Crippen molar-refractivity contribution in [2.75, 3.05) is 16.3 Å². The van der Waals surface area contributed by atoms with Crippen molar-refractivity contribution in [2.45, 2.75) is 0 Å². The van der Waals surface area contributed by atoms with Crippen LogP contribution in [0.4, 0.5) is 10.3 Å². The number of amides is 1. The predicted molar refractivity (Wildman–Crippen MR) is 78.3 cm³/mol. The lowest BCUT2D eigenvalue weighted by atomic mass is 10.3. The van der Waals surface area contributed by atoms with E-state index >= 15 is 0 Å². The topological polar surface area (TPSA) is 101 Å². The van der Waals surface area contributed by atoms with Crippen molar-refractivity contribution in [1.29, 1.82) is 0 Å². The molecule has 0 unspecified atom stereocenters. The molecule has 2 N–H and O–H groups in total. The summed E-state index contributed by atoms with van der Waals surface area (Å²) < 4.78 is 25.0. The van der Waals surface area contributed by atoms with E-state index in [0.717, 1.165) is 21.4 Å². The second-order valence-electron chi connectivity index (χ2n) is 3.38. The van der Waals surface area contributed by atoms with Gasteiger partial charge in [-0.15, -0.1) is 21.5 Å². The molecule has 1 amide bonds. The molecule has 0 saturated heterocycles. The zero-order chi connectivity index (χ0) is 14.0. The summed E-state index contributed by atoms with van der Waals surface area (Å²) in [5.41, 5.74) is 0.490. The standard InChI is InChI=1S/C8H7BrN4O3S3/c1-19(15,16)13-8-12-11-7(18-8)10-6(14)4-2-5(9)17-3-4/h2-3H,1H3,(H,12,13)(H,10,11,14).